The van der Waals surface area contributed by atoms with E-state index in [1.54, 1.807) is 29.3 Å². The van der Waals surface area contributed by atoms with Crippen LogP contribution in [0.3, 0.4) is 0 Å². The number of amides is 1. The van der Waals surface area contributed by atoms with Gasteiger partial charge in [-0.2, -0.15) is 0 Å². The maximum Gasteiger partial charge on any atom is 0.255 e. The van der Waals surface area contributed by atoms with Crippen LogP contribution in [-0.2, 0) is 4.79 Å². The largest absolute Gasteiger partial charge is 0.368 e. The number of hydrogen-bond acceptors (Lipinski definition) is 7. The van der Waals surface area contributed by atoms with E-state index in [0.29, 0.717) is 66.5 Å². The molecule has 4 heterocycles. The van der Waals surface area contributed by atoms with Crippen LogP contribution in [0.25, 0.3) is 22.3 Å². The fraction of sp³-hybridized carbons (Fsp3) is 0.440. The number of aromatic nitrogens is 3. The van der Waals surface area contributed by atoms with Gasteiger partial charge in [0, 0.05) is 77.1 Å². The van der Waals surface area contributed by atoms with E-state index in [-0.39, 0.29) is 25.4 Å². The highest BCUT2D eigenvalue weighted by Crippen LogP contribution is 2.32. The van der Waals surface area contributed by atoms with Gasteiger partial charge < -0.3 is 20.4 Å². The molecule has 190 valence electrons. The van der Waals surface area contributed by atoms with Crippen LogP contribution in [0, 0.1) is 11.7 Å². The molecule has 1 amide bonds. The Bertz CT molecular complexity index is 1260. The molecule has 2 aliphatic rings. The summed E-state index contributed by atoms with van der Waals surface area (Å²) >= 11 is 0. The van der Waals surface area contributed by atoms with Gasteiger partial charge in [0.25, 0.3) is 5.92 Å². The fourth-order valence-corrected chi connectivity index (χ4v) is 4.75. The lowest BCUT2D eigenvalue weighted by atomic mass is 9.95. The summed E-state index contributed by atoms with van der Waals surface area (Å²) in [6.45, 7) is 4.24. The van der Waals surface area contributed by atoms with Crippen molar-refractivity contribution in [3.63, 3.8) is 0 Å². The number of fused-ring (bicyclic) bond motifs is 1. The molecule has 2 N–H and O–H groups in total. The molecule has 8 nitrogen and oxygen atoms in total. The van der Waals surface area contributed by atoms with Gasteiger partial charge in [-0.25, -0.2) is 23.1 Å². The van der Waals surface area contributed by atoms with Crippen molar-refractivity contribution < 1.29 is 18.0 Å². The average molecular weight is 500 g/mol. The van der Waals surface area contributed by atoms with Crippen LogP contribution in [0.15, 0.2) is 36.7 Å². The summed E-state index contributed by atoms with van der Waals surface area (Å²) in [6, 6.07) is 6.62. The van der Waals surface area contributed by atoms with E-state index in [9.17, 15) is 13.6 Å². The van der Waals surface area contributed by atoms with Gasteiger partial charge in [0.2, 0.25) is 5.91 Å². The fourth-order valence-electron chi connectivity index (χ4n) is 4.75. The summed E-state index contributed by atoms with van der Waals surface area (Å²) in [5.41, 5.74) is 2.47. The molecular formula is C25H28F3N7O. The van der Waals surface area contributed by atoms with Gasteiger partial charge in [0.05, 0.1) is 22.8 Å². The summed E-state index contributed by atoms with van der Waals surface area (Å²) in [5.74, 6) is -3.70. The first-order chi connectivity index (χ1) is 17.3. The van der Waals surface area contributed by atoms with Crippen LogP contribution in [0.5, 0.6) is 0 Å². The second-order valence-electron chi connectivity index (χ2n) is 9.23. The van der Waals surface area contributed by atoms with Crippen molar-refractivity contribution in [3.05, 3.63) is 42.5 Å². The highest BCUT2D eigenvalue weighted by atomic mass is 19.3. The number of halogens is 3. The van der Waals surface area contributed by atoms with E-state index in [1.165, 1.54) is 19.2 Å². The van der Waals surface area contributed by atoms with Crippen LogP contribution in [0.4, 0.5) is 24.7 Å². The lowest BCUT2D eigenvalue weighted by Crippen LogP contribution is -2.48. The quantitative estimate of drug-likeness (QED) is 0.558. The predicted molar refractivity (Wildman–Crippen MR) is 132 cm³/mol. The smallest absolute Gasteiger partial charge is 0.255 e. The lowest BCUT2D eigenvalue weighted by Gasteiger charge is -2.35. The molecule has 3 aromatic rings. The number of pyridine rings is 1. The minimum absolute atomic E-state index is 0.0155. The maximum absolute atomic E-state index is 15.2. The Labute approximate surface area is 206 Å². The Morgan fingerprint density at radius 1 is 1.17 bits per heavy atom. The Kier molecular flexibility index (Phi) is 6.65. The number of anilines is 2. The maximum atomic E-state index is 15.2. The Morgan fingerprint density at radius 2 is 1.94 bits per heavy atom. The number of rotatable bonds is 5. The molecule has 2 fully saturated rings. The number of carbonyl (C=O) groups is 1. The van der Waals surface area contributed by atoms with Gasteiger partial charge in [-0.05, 0) is 18.2 Å². The van der Waals surface area contributed by atoms with Crippen LogP contribution >= 0.6 is 0 Å². The van der Waals surface area contributed by atoms with Crippen molar-refractivity contribution in [2.75, 3.05) is 56.0 Å². The number of nitrogens with one attached hydrogen (secondary N) is 2. The summed E-state index contributed by atoms with van der Waals surface area (Å²) in [5, 5.41) is 6.06. The van der Waals surface area contributed by atoms with Crippen molar-refractivity contribution in [2.45, 2.75) is 19.3 Å². The molecule has 36 heavy (non-hydrogen) atoms. The number of benzene rings is 1. The molecular weight excluding hydrogens is 471 g/mol. The Morgan fingerprint density at radius 3 is 2.67 bits per heavy atom. The predicted octanol–water partition coefficient (Wildman–Crippen LogP) is 3.16. The zero-order valence-corrected chi connectivity index (χ0v) is 20.0. The van der Waals surface area contributed by atoms with Gasteiger partial charge in [-0.3, -0.25) is 9.78 Å². The van der Waals surface area contributed by atoms with Crippen molar-refractivity contribution in [1.29, 1.82) is 0 Å². The monoisotopic (exact) mass is 499 g/mol. The molecule has 1 unspecified atom stereocenters. The zero-order valence-electron chi connectivity index (χ0n) is 20.0. The summed E-state index contributed by atoms with van der Waals surface area (Å²) in [4.78, 5) is 28.5. The van der Waals surface area contributed by atoms with Crippen molar-refractivity contribution in [2.24, 2.45) is 5.92 Å². The molecule has 0 saturated carbocycles. The summed E-state index contributed by atoms with van der Waals surface area (Å²) in [7, 11) is 0. The van der Waals surface area contributed by atoms with E-state index in [0.717, 1.165) is 0 Å². The normalized spacial score (nSPS) is 19.9. The second kappa shape index (κ2) is 9.88. The number of piperazine rings is 1. The summed E-state index contributed by atoms with van der Waals surface area (Å²) < 4.78 is 43.8. The zero-order chi connectivity index (χ0) is 25.3. The molecule has 11 heteroatoms. The standard InChI is InChI=1S/C25H28F3N7O/c1-16(36)34-8-10-35(11-9-34)22-3-2-17(12-19(22)26)20-13-21-23(31-7-6-30-21)24(33-20)32-15-18-14-29-5-4-25(18,27)28/h2-3,6-7,12-13,18,29H,4-5,8-11,14-15H2,1H3,(H,32,33). The average Bonchev–Trinajstić information content (AvgIpc) is 2.87. The molecule has 0 aliphatic carbocycles. The van der Waals surface area contributed by atoms with E-state index in [1.807, 2.05) is 4.90 Å². The number of nitrogens with zero attached hydrogens (tertiary/aromatic N) is 5. The van der Waals surface area contributed by atoms with Crippen LogP contribution in [0.1, 0.15) is 13.3 Å². The third kappa shape index (κ3) is 4.92. The van der Waals surface area contributed by atoms with Crippen molar-refractivity contribution in [1.82, 2.24) is 25.2 Å². The molecule has 2 aromatic heterocycles. The van der Waals surface area contributed by atoms with Gasteiger partial charge in [-0.15, -0.1) is 0 Å². The van der Waals surface area contributed by atoms with E-state index < -0.39 is 17.7 Å². The number of alkyl halides is 2. The van der Waals surface area contributed by atoms with Gasteiger partial charge in [0.1, 0.15) is 11.3 Å². The van der Waals surface area contributed by atoms with Crippen molar-refractivity contribution >= 4 is 28.4 Å². The molecule has 5 rings (SSSR count). The third-order valence-electron chi connectivity index (χ3n) is 6.90. The van der Waals surface area contributed by atoms with Gasteiger partial charge in [0.15, 0.2) is 5.82 Å². The number of carbonyl (C=O) groups excluding carboxylic acids is 1. The molecule has 0 spiro atoms. The molecule has 1 atom stereocenters. The number of hydrogen-bond donors (Lipinski definition) is 2. The van der Waals surface area contributed by atoms with Crippen LogP contribution in [-0.4, -0.2) is 77.5 Å². The van der Waals surface area contributed by atoms with Crippen molar-refractivity contribution in [3.8, 4) is 11.3 Å². The van der Waals surface area contributed by atoms with Gasteiger partial charge in [-0.1, -0.05) is 6.07 Å². The molecule has 1 aromatic carbocycles. The molecule has 2 aliphatic heterocycles. The Balaban J connectivity index is 1.40. The van der Waals surface area contributed by atoms with E-state index in [2.05, 4.69) is 25.6 Å². The summed E-state index contributed by atoms with van der Waals surface area (Å²) in [6.07, 6.45) is 2.86. The lowest BCUT2D eigenvalue weighted by molar-refractivity contribution is -0.129. The van der Waals surface area contributed by atoms with Gasteiger partial charge >= 0.3 is 0 Å². The number of piperidine rings is 1. The molecule has 0 bridgehead atoms. The highest BCUT2D eigenvalue weighted by molar-refractivity contribution is 5.88. The topological polar surface area (TPSA) is 86.3 Å². The first-order valence-corrected chi connectivity index (χ1v) is 12.1. The van der Waals surface area contributed by atoms with E-state index in [4.69, 9.17) is 0 Å². The SMILES string of the molecule is CC(=O)N1CCN(c2ccc(-c3cc4nccnc4c(NCC4CNCCC4(F)F)n3)cc2F)CC1. The first kappa shape index (κ1) is 24.2. The first-order valence-electron chi connectivity index (χ1n) is 12.1. The highest BCUT2D eigenvalue weighted by Gasteiger charge is 2.41. The van der Waals surface area contributed by atoms with E-state index >= 15 is 4.39 Å². The minimum Gasteiger partial charge on any atom is -0.368 e. The Hall–Kier alpha value is -3.47. The second-order valence-corrected chi connectivity index (χ2v) is 9.23. The van der Waals surface area contributed by atoms with Crippen LogP contribution in [0.2, 0.25) is 0 Å². The molecule has 0 radical (unpaired) electrons. The minimum atomic E-state index is -2.77. The third-order valence-corrected chi connectivity index (χ3v) is 6.90. The molecule has 2 saturated heterocycles. The van der Waals surface area contributed by atoms with Crippen LogP contribution < -0.4 is 15.5 Å².